The highest BCUT2D eigenvalue weighted by atomic mass is 16.1. The summed E-state index contributed by atoms with van der Waals surface area (Å²) < 4.78 is 1.92. The maximum Gasteiger partial charge on any atom is 0.248 e. The molecule has 1 aromatic carbocycles. The average Bonchev–Trinajstić information content (AvgIpc) is 3.12. The molecule has 4 aromatic rings. The van der Waals surface area contributed by atoms with Gasteiger partial charge in [0, 0.05) is 22.7 Å². The van der Waals surface area contributed by atoms with Crippen LogP contribution in [-0.4, -0.2) is 25.5 Å². The van der Waals surface area contributed by atoms with E-state index >= 15 is 0 Å². The van der Waals surface area contributed by atoms with E-state index < -0.39 is 5.91 Å². The number of imidazole rings is 1. The Labute approximate surface area is 119 Å². The van der Waals surface area contributed by atoms with Gasteiger partial charge in [-0.25, -0.2) is 4.98 Å². The number of hydrogen-bond donors (Lipinski definition) is 2. The first-order chi connectivity index (χ1) is 10.2. The average molecular weight is 277 g/mol. The fourth-order valence-corrected chi connectivity index (χ4v) is 2.45. The van der Waals surface area contributed by atoms with Gasteiger partial charge in [-0.05, 0) is 30.3 Å². The zero-order valence-electron chi connectivity index (χ0n) is 10.9. The minimum absolute atomic E-state index is 0.450. The van der Waals surface area contributed by atoms with Crippen LogP contribution in [0.4, 0.5) is 0 Å². The Balaban J connectivity index is 1.96. The van der Waals surface area contributed by atoms with E-state index in [1.54, 1.807) is 24.7 Å². The summed E-state index contributed by atoms with van der Waals surface area (Å²) in [6.07, 6.45) is 5.48. The van der Waals surface area contributed by atoms with Crippen molar-refractivity contribution in [1.29, 1.82) is 0 Å². The second-order valence-corrected chi connectivity index (χ2v) is 4.84. The summed E-state index contributed by atoms with van der Waals surface area (Å²) in [6, 6.07) is 9.20. The molecule has 102 valence electrons. The molecule has 0 bridgehead atoms. The number of hydrogen-bond acceptors (Lipinski definition) is 3. The van der Waals surface area contributed by atoms with Crippen molar-refractivity contribution in [1.82, 2.24) is 19.6 Å². The molecular weight excluding hydrogens is 266 g/mol. The van der Waals surface area contributed by atoms with Crippen LogP contribution in [0.25, 0.3) is 27.7 Å². The third-order valence-corrected chi connectivity index (χ3v) is 3.53. The summed E-state index contributed by atoms with van der Waals surface area (Å²) >= 11 is 0. The molecule has 0 radical (unpaired) electrons. The quantitative estimate of drug-likeness (QED) is 0.587. The summed E-state index contributed by atoms with van der Waals surface area (Å²) in [6.45, 7) is 0. The van der Waals surface area contributed by atoms with E-state index in [0.29, 0.717) is 5.56 Å². The van der Waals surface area contributed by atoms with Crippen LogP contribution in [0.1, 0.15) is 10.4 Å². The minimum Gasteiger partial charge on any atom is -0.366 e. The number of nitrogens with two attached hydrogens (primary N) is 1. The van der Waals surface area contributed by atoms with Crippen molar-refractivity contribution in [3.8, 4) is 11.3 Å². The zero-order valence-corrected chi connectivity index (χ0v) is 10.9. The number of carbonyl (C=O) groups is 1. The van der Waals surface area contributed by atoms with Crippen molar-refractivity contribution < 1.29 is 4.79 Å². The highest BCUT2D eigenvalue weighted by Gasteiger charge is 2.11. The fourth-order valence-electron chi connectivity index (χ4n) is 2.45. The smallest absolute Gasteiger partial charge is 0.248 e. The van der Waals surface area contributed by atoms with Gasteiger partial charge < -0.3 is 10.1 Å². The SMILES string of the molecule is NC(=O)c1ccc2[nH]nc(-c3ccc4cncn4c3)c2c1. The number of primary amides is 1. The number of H-pyrrole nitrogens is 1. The van der Waals surface area contributed by atoms with Crippen LogP contribution in [0.2, 0.25) is 0 Å². The van der Waals surface area contributed by atoms with Crippen molar-refractivity contribution in [3.63, 3.8) is 0 Å². The van der Waals surface area contributed by atoms with Gasteiger partial charge in [-0.2, -0.15) is 5.10 Å². The lowest BCUT2D eigenvalue weighted by atomic mass is 10.1. The van der Waals surface area contributed by atoms with E-state index in [2.05, 4.69) is 15.2 Å². The van der Waals surface area contributed by atoms with Crippen molar-refractivity contribution in [2.75, 3.05) is 0 Å². The van der Waals surface area contributed by atoms with Gasteiger partial charge in [0.2, 0.25) is 5.91 Å². The van der Waals surface area contributed by atoms with Gasteiger partial charge in [-0.1, -0.05) is 0 Å². The number of pyridine rings is 1. The molecule has 0 aliphatic carbocycles. The van der Waals surface area contributed by atoms with E-state index in [1.165, 1.54) is 0 Å². The third kappa shape index (κ3) is 1.77. The molecule has 1 amide bonds. The Morgan fingerprint density at radius 2 is 2.14 bits per heavy atom. The zero-order chi connectivity index (χ0) is 14.4. The van der Waals surface area contributed by atoms with Crippen LogP contribution in [0.15, 0.2) is 49.1 Å². The van der Waals surface area contributed by atoms with Crippen molar-refractivity contribution in [3.05, 3.63) is 54.6 Å². The molecule has 0 aliphatic heterocycles. The first-order valence-electron chi connectivity index (χ1n) is 6.42. The number of amides is 1. The molecule has 0 fully saturated rings. The molecule has 0 aliphatic rings. The molecule has 0 atom stereocenters. The third-order valence-electron chi connectivity index (χ3n) is 3.53. The summed E-state index contributed by atoms with van der Waals surface area (Å²) in [5, 5.41) is 8.18. The van der Waals surface area contributed by atoms with Gasteiger partial charge in [0.15, 0.2) is 0 Å². The summed E-state index contributed by atoms with van der Waals surface area (Å²) in [5.74, 6) is -0.450. The number of aromatic nitrogens is 4. The standard InChI is InChI=1S/C15H11N5O/c16-15(21)9-2-4-13-12(5-9)14(19-18-13)10-1-3-11-6-17-8-20(11)7-10/h1-8H,(H2,16,21)(H,18,19). The first kappa shape index (κ1) is 11.7. The number of nitrogens with zero attached hydrogens (tertiary/aromatic N) is 3. The largest absolute Gasteiger partial charge is 0.366 e. The van der Waals surface area contributed by atoms with Crippen LogP contribution in [0.5, 0.6) is 0 Å². The summed E-state index contributed by atoms with van der Waals surface area (Å²) in [4.78, 5) is 15.4. The molecule has 0 saturated carbocycles. The van der Waals surface area contributed by atoms with Crippen LogP contribution < -0.4 is 5.73 Å². The number of fused-ring (bicyclic) bond motifs is 2. The summed E-state index contributed by atoms with van der Waals surface area (Å²) in [7, 11) is 0. The number of benzene rings is 1. The van der Waals surface area contributed by atoms with E-state index in [1.807, 2.05) is 28.8 Å². The Hall–Kier alpha value is -3.15. The minimum atomic E-state index is -0.450. The molecule has 21 heavy (non-hydrogen) atoms. The fraction of sp³-hybridized carbons (Fsp3) is 0. The van der Waals surface area contributed by atoms with E-state index in [4.69, 9.17) is 5.73 Å². The lowest BCUT2D eigenvalue weighted by Crippen LogP contribution is -2.10. The van der Waals surface area contributed by atoms with Gasteiger partial charge in [-0.15, -0.1) is 0 Å². The number of carbonyl (C=O) groups excluding carboxylic acids is 1. The molecule has 3 heterocycles. The maximum atomic E-state index is 11.3. The van der Waals surface area contributed by atoms with Gasteiger partial charge in [-0.3, -0.25) is 9.89 Å². The van der Waals surface area contributed by atoms with Crippen molar-refractivity contribution in [2.24, 2.45) is 5.73 Å². The van der Waals surface area contributed by atoms with E-state index in [-0.39, 0.29) is 0 Å². The number of rotatable bonds is 2. The molecular formula is C15H11N5O. The first-order valence-corrected chi connectivity index (χ1v) is 6.42. The van der Waals surface area contributed by atoms with Gasteiger partial charge in [0.25, 0.3) is 0 Å². The second kappa shape index (κ2) is 4.17. The Morgan fingerprint density at radius 3 is 3.00 bits per heavy atom. The van der Waals surface area contributed by atoms with E-state index in [9.17, 15) is 4.79 Å². The van der Waals surface area contributed by atoms with Gasteiger partial charge in [0.05, 0.1) is 23.6 Å². The lowest BCUT2D eigenvalue weighted by Gasteiger charge is -2.01. The van der Waals surface area contributed by atoms with Crippen LogP contribution in [0.3, 0.4) is 0 Å². The molecule has 3 N–H and O–H groups in total. The molecule has 3 aromatic heterocycles. The van der Waals surface area contributed by atoms with Crippen molar-refractivity contribution in [2.45, 2.75) is 0 Å². The normalized spacial score (nSPS) is 11.2. The molecule has 0 spiro atoms. The van der Waals surface area contributed by atoms with Crippen LogP contribution in [0, 0.1) is 0 Å². The highest BCUT2D eigenvalue weighted by Crippen LogP contribution is 2.27. The Kier molecular flexibility index (Phi) is 2.32. The summed E-state index contributed by atoms with van der Waals surface area (Å²) in [5.41, 5.74) is 9.40. The second-order valence-electron chi connectivity index (χ2n) is 4.84. The van der Waals surface area contributed by atoms with Crippen LogP contribution in [-0.2, 0) is 0 Å². The predicted octanol–water partition coefficient (Wildman–Crippen LogP) is 1.98. The Morgan fingerprint density at radius 1 is 1.24 bits per heavy atom. The van der Waals surface area contributed by atoms with E-state index in [0.717, 1.165) is 27.7 Å². The van der Waals surface area contributed by atoms with Gasteiger partial charge in [0.1, 0.15) is 5.69 Å². The maximum absolute atomic E-state index is 11.3. The number of nitrogens with one attached hydrogen (secondary N) is 1. The van der Waals surface area contributed by atoms with Gasteiger partial charge >= 0.3 is 0 Å². The predicted molar refractivity (Wildman–Crippen MR) is 78.8 cm³/mol. The van der Waals surface area contributed by atoms with Crippen LogP contribution >= 0.6 is 0 Å². The molecule has 0 unspecified atom stereocenters. The lowest BCUT2D eigenvalue weighted by molar-refractivity contribution is 0.100. The van der Waals surface area contributed by atoms with Crippen molar-refractivity contribution >= 4 is 22.3 Å². The molecule has 6 heteroatoms. The molecule has 4 rings (SSSR count). The molecule has 0 saturated heterocycles. The molecule has 6 nitrogen and oxygen atoms in total. The topological polar surface area (TPSA) is 89.1 Å². The number of aromatic amines is 1. The monoisotopic (exact) mass is 277 g/mol. The highest BCUT2D eigenvalue weighted by molar-refractivity contribution is 6.00. The Bertz CT molecular complexity index is 982.